The lowest BCUT2D eigenvalue weighted by molar-refractivity contribution is -0.135. The summed E-state index contributed by atoms with van der Waals surface area (Å²) in [6.07, 6.45) is 12.2. The average molecular weight is 290 g/mol. The van der Waals surface area contributed by atoms with E-state index in [0.717, 1.165) is 19.3 Å². The molecule has 0 unspecified atom stereocenters. The third kappa shape index (κ3) is 1.71. The van der Waals surface area contributed by atoms with E-state index in [0.29, 0.717) is 29.6 Å². The third-order valence-corrected chi connectivity index (χ3v) is 7.71. The van der Waals surface area contributed by atoms with Gasteiger partial charge in [-0.3, -0.25) is 4.79 Å². The Morgan fingerprint density at radius 3 is 2.86 bits per heavy atom. The maximum absolute atomic E-state index is 13.8. The van der Waals surface area contributed by atoms with Crippen molar-refractivity contribution in [3.63, 3.8) is 0 Å². The summed E-state index contributed by atoms with van der Waals surface area (Å²) in [4.78, 5) is 12.3. The van der Waals surface area contributed by atoms with Crippen molar-refractivity contribution in [2.24, 2.45) is 28.6 Å². The zero-order chi connectivity index (χ0) is 14.7. The molecule has 2 heteroatoms. The summed E-state index contributed by atoms with van der Waals surface area (Å²) in [7, 11) is 0. The molecule has 4 rings (SSSR count). The van der Waals surface area contributed by atoms with Crippen molar-refractivity contribution in [3.8, 4) is 0 Å². The van der Waals surface area contributed by atoms with E-state index in [4.69, 9.17) is 0 Å². The van der Waals surface area contributed by atoms with Gasteiger partial charge in [-0.05, 0) is 74.5 Å². The standard InChI is InChI=1S/C19H27FO/c1-18-10-3-2-4-13(18)5-6-14-15(18)9-11-19(12-20)16(14)7-8-17(19)21/h4,14-16H,2-3,5-12H2,1H3/t14-,15+,16+,18+,19-/m1/s1. The number of rotatable bonds is 1. The Hall–Kier alpha value is -0.660. The molecule has 0 aromatic rings. The highest BCUT2D eigenvalue weighted by molar-refractivity contribution is 5.87. The highest BCUT2D eigenvalue weighted by atomic mass is 19.1. The van der Waals surface area contributed by atoms with Crippen LogP contribution in [0.15, 0.2) is 11.6 Å². The molecule has 0 aromatic carbocycles. The molecule has 0 saturated heterocycles. The minimum atomic E-state index is -0.576. The van der Waals surface area contributed by atoms with Crippen LogP contribution in [0.25, 0.3) is 0 Å². The predicted molar refractivity (Wildman–Crippen MR) is 81.6 cm³/mol. The van der Waals surface area contributed by atoms with E-state index in [1.54, 1.807) is 5.57 Å². The molecule has 0 spiro atoms. The highest BCUT2D eigenvalue weighted by Crippen LogP contribution is 2.64. The number of hydrogen-bond donors (Lipinski definition) is 0. The summed E-state index contributed by atoms with van der Waals surface area (Å²) in [5.41, 5.74) is 1.47. The Morgan fingerprint density at radius 1 is 1.19 bits per heavy atom. The molecule has 0 bridgehead atoms. The summed E-state index contributed by atoms with van der Waals surface area (Å²) in [5.74, 6) is 1.88. The van der Waals surface area contributed by atoms with Gasteiger partial charge in [-0.1, -0.05) is 18.6 Å². The number of Topliss-reactive ketones (excluding diaryl/α,β-unsaturated/α-hetero) is 1. The highest BCUT2D eigenvalue weighted by Gasteiger charge is 2.60. The van der Waals surface area contributed by atoms with E-state index in [1.165, 1.54) is 32.1 Å². The molecule has 0 heterocycles. The zero-order valence-electron chi connectivity index (χ0n) is 13.2. The minimum absolute atomic E-state index is 0.239. The molecule has 1 nitrogen and oxygen atoms in total. The van der Waals surface area contributed by atoms with Crippen molar-refractivity contribution in [2.45, 2.75) is 64.7 Å². The Labute approximate surface area is 127 Å². The molecule has 3 fully saturated rings. The summed E-state index contributed by atoms with van der Waals surface area (Å²) in [6, 6.07) is 0. The fourth-order valence-electron chi connectivity index (χ4n) is 6.58. The van der Waals surface area contributed by atoms with E-state index in [1.807, 2.05) is 0 Å². The second-order valence-corrected chi connectivity index (χ2v) is 8.24. The molecule has 0 N–H and O–H groups in total. The number of ketones is 1. The van der Waals surface area contributed by atoms with Crippen LogP contribution in [-0.4, -0.2) is 12.5 Å². The number of carbonyl (C=O) groups is 1. The van der Waals surface area contributed by atoms with Crippen molar-refractivity contribution in [1.82, 2.24) is 0 Å². The zero-order valence-corrected chi connectivity index (χ0v) is 13.2. The Bertz CT molecular complexity index is 496. The van der Waals surface area contributed by atoms with Gasteiger partial charge in [-0.25, -0.2) is 4.39 Å². The van der Waals surface area contributed by atoms with Crippen LogP contribution < -0.4 is 0 Å². The van der Waals surface area contributed by atoms with Gasteiger partial charge in [-0.15, -0.1) is 0 Å². The molecular weight excluding hydrogens is 263 g/mol. The third-order valence-electron chi connectivity index (χ3n) is 7.71. The lowest BCUT2D eigenvalue weighted by atomic mass is 9.47. The van der Waals surface area contributed by atoms with Crippen molar-refractivity contribution in [3.05, 3.63) is 11.6 Å². The minimum Gasteiger partial charge on any atom is -0.299 e. The molecular formula is C19H27FO. The first-order valence-electron chi connectivity index (χ1n) is 8.90. The Kier molecular flexibility index (Phi) is 3.10. The summed E-state index contributed by atoms with van der Waals surface area (Å²) >= 11 is 0. The van der Waals surface area contributed by atoms with Gasteiger partial charge in [0.1, 0.15) is 12.5 Å². The second kappa shape index (κ2) is 4.67. The van der Waals surface area contributed by atoms with E-state index in [2.05, 4.69) is 13.0 Å². The van der Waals surface area contributed by atoms with Crippen molar-refractivity contribution < 1.29 is 9.18 Å². The van der Waals surface area contributed by atoms with Gasteiger partial charge in [0.15, 0.2) is 0 Å². The van der Waals surface area contributed by atoms with Crippen LogP contribution in [0.1, 0.15) is 64.7 Å². The van der Waals surface area contributed by atoms with Gasteiger partial charge in [-0.2, -0.15) is 0 Å². The first kappa shape index (κ1) is 14.0. The van der Waals surface area contributed by atoms with Gasteiger partial charge in [0.25, 0.3) is 0 Å². The maximum Gasteiger partial charge on any atom is 0.141 e. The van der Waals surface area contributed by atoms with E-state index < -0.39 is 12.1 Å². The van der Waals surface area contributed by atoms with Gasteiger partial charge >= 0.3 is 0 Å². The predicted octanol–water partition coefficient (Wildman–Crippen LogP) is 4.86. The second-order valence-electron chi connectivity index (χ2n) is 8.24. The number of halogens is 1. The van der Waals surface area contributed by atoms with Crippen molar-refractivity contribution >= 4 is 5.78 Å². The van der Waals surface area contributed by atoms with Gasteiger partial charge < -0.3 is 0 Å². The Morgan fingerprint density at radius 2 is 2.05 bits per heavy atom. The van der Waals surface area contributed by atoms with Crippen LogP contribution in [0.2, 0.25) is 0 Å². The SMILES string of the molecule is C[C@]12CCCC=C1CC[C@H]1[C@@H]3CCC(=O)[C@@]3(CF)CC[C@@H]12. The summed E-state index contributed by atoms with van der Waals surface area (Å²) < 4.78 is 13.8. The summed E-state index contributed by atoms with van der Waals surface area (Å²) in [5, 5.41) is 0. The van der Waals surface area contributed by atoms with Crippen molar-refractivity contribution in [2.75, 3.05) is 6.67 Å². The number of hydrogen-bond acceptors (Lipinski definition) is 1. The topological polar surface area (TPSA) is 17.1 Å². The molecule has 0 aliphatic heterocycles. The van der Waals surface area contributed by atoms with Crippen LogP contribution in [0, 0.1) is 28.6 Å². The molecule has 5 atom stereocenters. The fourth-order valence-corrected chi connectivity index (χ4v) is 6.58. The van der Waals surface area contributed by atoms with Crippen LogP contribution >= 0.6 is 0 Å². The Balaban J connectivity index is 1.70. The number of alkyl halides is 1. The molecule has 21 heavy (non-hydrogen) atoms. The van der Waals surface area contributed by atoms with Crippen LogP contribution in [-0.2, 0) is 4.79 Å². The molecule has 0 aromatic heterocycles. The monoisotopic (exact) mass is 290 g/mol. The van der Waals surface area contributed by atoms with E-state index >= 15 is 0 Å². The molecule has 0 amide bonds. The normalized spacial score (nSPS) is 49.1. The molecule has 116 valence electrons. The lowest BCUT2D eigenvalue weighted by Crippen LogP contribution is -2.51. The average Bonchev–Trinajstić information content (AvgIpc) is 2.84. The first-order valence-corrected chi connectivity index (χ1v) is 8.90. The van der Waals surface area contributed by atoms with Crippen molar-refractivity contribution in [1.29, 1.82) is 0 Å². The fraction of sp³-hybridized carbons (Fsp3) is 0.842. The lowest BCUT2D eigenvalue weighted by Gasteiger charge is -2.57. The van der Waals surface area contributed by atoms with Gasteiger partial charge in [0.2, 0.25) is 0 Å². The number of carbonyl (C=O) groups excluding carboxylic acids is 1. The van der Waals surface area contributed by atoms with Crippen LogP contribution in [0.3, 0.4) is 0 Å². The first-order chi connectivity index (χ1) is 10.1. The molecule has 4 aliphatic rings. The van der Waals surface area contributed by atoms with Gasteiger partial charge in [0.05, 0.1) is 5.41 Å². The maximum atomic E-state index is 13.8. The number of allylic oxidation sites excluding steroid dienone is 2. The van der Waals surface area contributed by atoms with Crippen LogP contribution in [0.5, 0.6) is 0 Å². The van der Waals surface area contributed by atoms with E-state index in [9.17, 15) is 9.18 Å². The molecule has 3 saturated carbocycles. The molecule has 4 aliphatic carbocycles. The smallest absolute Gasteiger partial charge is 0.141 e. The number of fused-ring (bicyclic) bond motifs is 5. The van der Waals surface area contributed by atoms with Crippen LogP contribution in [0.4, 0.5) is 4.39 Å². The summed E-state index contributed by atoms with van der Waals surface area (Å²) in [6.45, 7) is 2.06. The van der Waals surface area contributed by atoms with Gasteiger partial charge in [0, 0.05) is 6.42 Å². The van der Waals surface area contributed by atoms with E-state index in [-0.39, 0.29) is 5.78 Å². The quantitative estimate of drug-likeness (QED) is 0.630. The molecule has 0 radical (unpaired) electrons. The largest absolute Gasteiger partial charge is 0.299 e.